The molecule has 3 N–H and O–H groups in total. The van der Waals surface area contributed by atoms with Gasteiger partial charge in [0.25, 0.3) is 0 Å². The maximum Gasteiger partial charge on any atom is 0.184 e. The van der Waals surface area contributed by atoms with Gasteiger partial charge < -0.3 is 5.73 Å². The number of hydrogen-bond donors (Lipinski definition) is 2. The second kappa shape index (κ2) is 5.72. The third-order valence-corrected chi connectivity index (χ3v) is 3.02. The summed E-state index contributed by atoms with van der Waals surface area (Å²) in [5.41, 5.74) is 10.3. The van der Waals surface area contributed by atoms with E-state index in [0.29, 0.717) is 5.92 Å². The molecule has 17 heavy (non-hydrogen) atoms. The van der Waals surface area contributed by atoms with Gasteiger partial charge in [-0.3, -0.25) is 10.4 Å². The van der Waals surface area contributed by atoms with Crippen molar-refractivity contribution in [2.45, 2.75) is 31.6 Å². The van der Waals surface area contributed by atoms with Crippen molar-refractivity contribution in [1.82, 2.24) is 10.4 Å². The Morgan fingerprint density at radius 1 is 1.47 bits per heavy atom. The normalized spacial score (nSPS) is 22.4. The first-order valence-corrected chi connectivity index (χ1v) is 6.21. The predicted molar refractivity (Wildman–Crippen MR) is 72.8 cm³/mol. The van der Waals surface area contributed by atoms with E-state index in [-0.39, 0.29) is 5.11 Å². The van der Waals surface area contributed by atoms with Crippen LogP contribution in [-0.4, -0.2) is 15.8 Å². The molecule has 0 radical (unpaired) electrons. The largest absolute Gasteiger partial charge is 0.375 e. The highest BCUT2D eigenvalue weighted by molar-refractivity contribution is 7.80. The number of thiocarbonyl (C=S) groups is 1. The molecule has 0 aromatic carbocycles. The van der Waals surface area contributed by atoms with Crippen molar-refractivity contribution in [2.75, 3.05) is 0 Å². The molecule has 0 bridgehead atoms. The molecule has 5 heteroatoms. The van der Waals surface area contributed by atoms with Gasteiger partial charge in [-0.15, -0.1) is 0 Å². The van der Waals surface area contributed by atoms with Gasteiger partial charge >= 0.3 is 0 Å². The Labute approximate surface area is 106 Å². The molecular formula is C12H16N4S. The summed E-state index contributed by atoms with van der Waals surface area (Å²) in [5.74, 6) is 0.298. The first-order chi connectivity index (χ1) is 8.27. The van der Waals surface area contributed by atoms with E-state index < -0.39 is 0 Å². The Kier molecular flexibility index (Phi) is 4.03. The highest BCUT2D eigenvalue weighted by atomic mass is 32.1. The summed E-state index contributed by atoms with van der Waals surface area (Å²) in [4.78, 5) is 4.41. The summed E-state index contributed by atoms with van der Waals surface area (Å²) in [6.45, 7) is 0. The molecule has 0 spiro atoms. The summed E-state index contributed by atoms with van der Waals surface area (Å²) in [5, 5.41) is 4.51. The van der Waals surface area contributed by atoms with Crippen LogP contribution in [0.4, 0.5) is 0 Å². The molecule has 0 aliphatic heterocycles. The van der Waals surface area contributed by atoms with Crippen LogP contribution in [0.5, 0.6) is 0 Å². The topological polar surface area (TPSA) is 63.3 Å². The van der Waals surface area contributed by atoms with E-state index in [1.54, 1.807) is 0 Å². The van der Waals surface area contributed by atoms with E-state index >= 15 is 0 Å². The van der Waals surface area contributed by atoms with Crippen LogP contribution in [0.25, 0.3) is 0 Å². The Hall–Kier alpha value is -1.49. The fourth-order valence-electron chi connectivity index (χ4n) is 2.16. The number of nitrogens with two attached hydrogens (primary N) is 1. The Bertz CT molecular complexity index is 416. The molecule has 1 aromatic rings. The van der Waals surface area contributed by atoms with Crippen LogP contribution >= 0.6 is 12.2 Å². The van der Waals surface area contributed by atoms with Crippen LogP contribution in [-0.2, 0) is 0 Å². The smallest absolute Gasteiger partial charge is 0.184 e. The predicted octanol–water partition coefficient (Wildman–Crippen LogP) is 1.93. The SMILES string of the molecule is NC(=S)NN=C1CCCC[C@H]1c1ccccn1. The summed E-state index contributed by atoms with van der Waals surface area (Å²) < 4.78 is 0. The maximum absolute atomic E-state index is 5.39. The van der Waals surface area contributed by atoms with Gasteiger partial charge in [0.15, 0.2) is 5.11 Å². The fraction of sp³-hybridized carbons (Fsp3) is 0.417. The lowest BCUT2D eigenvalue weighted by molar-refractivity contribution is 0.599. The third-order valence-electron chi connectivity index (χ3n) is 2.93. The maximum atomic E-state index is 5.39. The number of hydrogen-bond acceptors (Lipinski definition) is 3. The van der Waals surface area contributed by atoms with Crippen LogP contribution in [0.15, 0.2) is 29.5 Å². The molecule has 4 nitrogen and oxygen atoms in total. The molecule has 1 fully saturated rings. The molecule has 1 aromatic heterocycles. The zero-order valence-corrected chi connectivity index (χ0v) is 10.4. The van der Waals surface area contributed by atoms with Crippen molar-refractivity contribution < 1.29 is 0 Å². The molecule has 90 valence electrons. The van der Waals surface area contributed by atoms with Gasteiger partial charge in [0.2, 0.25) is 0 Å². The van der Waals surface area contributed by atoms with Crippen molar-refractivity contribution in [2.24, 2.45) is 10.8 Å². The quantitative estimate of drug-likeness (QED) is 0.620. The zero-order valence-electron chi connectivity index (χ0n) is 9.60. The molecular weight excluding hydrogens is 232 g/mol. The van der Waals surface area contributed by atoms with Crippen molar-refractivity contribution >= 4 is 23.0 Å². The van der Waals surface area contributed by atoms with E-state index in [0.717, 1.165) is 24.2 Å². The second-order valence-electron chi connectivity index (χ2n) is 4.13. The molecule has 1 aliphatic rings. The van der Waals surface area contributed by atoms with Gasteiger partial charge in [0.05, 0.1) is 0 Å². The minimum absolute atomic E-state index is 0.211. The standard InChI is InChI=1S/C12H16N4S/c13-12(17)16-15-11-7-2-1-5-9(11)10-6-3-4-8-14-10/h3-4,6,8-9H,1-2,5,7H2,(H3,13,16,17)/t9-/m0/s1. The first kappa shape index (κ1) is 12.0. The van der Waals surface area contributed by atoms with Crippen molar-refractivity contribution in [1.29, 1.82) is 0 Å². The Balaban J connectivity index is 2.18. The monoisotopic (exact) mass is 248 g/mol. The summed E-state index contributed by atoms with van der Waals surface area (Å²) in [6, 6.07) is 5.98. The summed E-state index contributed by atoms with van der Waals surface area (Å²) in [7, 11) is 0. The molecule has 2 rings (SSSR count). The van der Waals surface area contributed by atoms with Crippen LogP contribution < -0.4 is 11.2 Å². The van der Waals surface area contributed by atoms with Crippen molar-refractivity contribution in [3.05, 3.63) is 30.1 Å². The molecule has 1 saturated carbocycles. The fourth-order valence-corrected chi connectivity index (χ4v) is 2.20. The molecule has 1 atom stereocenters. The van der Waals surface area contributed by atoms with Crippen molar-refractivity contribution in [3.8, 4) is 0 Å². The number of hydrazone groups is 1. The van der Waals surface area contributed by atoms with Crippen LogP contribution in [0.3, 0.4) is 0 Å². The lowest BCUT2D eigenvalue weighted by Crippen LogP contribution is -2.28. The number of pyridine rings is 1. The summed E-state index contributed by atoms with van der Waals surface area (Å²) in [6.07, 6.45) is 6.28. The molecule has 0 saturated heterocycles. The van der Waals surface area contributed by atoms with E-state index in [9.17, 15) is 0 Å². The van der Waals surface area contributed by atoms with E-state index in [1.807, 2.05) is 24.4 Å². The van der Waals surface area contributed by atoms with Crippen LogP contribution in [0, 0.1) is 0 Å². The second-order valence-corrected chi connectivity index (χ2v) is 4.57. The minimum Gasteiger partial charge on any atom is -0.375 e. The minimum atomic E-state index is 0.211. The number of aromatic nitrogens is 1. The Morgan fingerprint density at radius 3 is 3.06 bits per heavy atom. The highest BCUT2D eigenvalue weighted by Gasteiger charge is 2.23. The molecule has 1 aliphatic carbocycles. The molecule has 1 heterocycles. The van der Waals surface area contributed by atoms with E-state index in [1.165, 1.54) is 12.8 Å². The van der Waals surface area contributed by atoms with E-state index in [4.69, 9.17) is 18.0 Å². The van der Waals surface area contributed by atoms with Gasteiger partial charge in [-0.25, -0.2) is 0 Å². The van der Waals surface area contributed by atoms with Gasteiger partial charge in [0.1, 0.15) is 0 Å². The lowest BCUT2D eigenvalue weighted by Gasteiger charge is -2.23. The van der Waals surface area contributed by atoms with Gasteiger partial charge in [-0.1, -0.05) is 12.5 Å². The van der Waals surface area contributed by atoms with Crippen LogP contribution in [0.2, 0.25) is 0 Å². The third kappa shape index (κ3) is 3.23. The lowest BCUT2D eigenvalue weighted by atomic mass is 9.85. The number of nitrogens with zero attached hydrogens (tertiary/aromatic N) is 2. The first-order valence-electron chi connectivity index (χ1n) is 5.80. The average molecular weight is 248 g/mol. The van der Waals surface area contributed by atoms with Gasteiger partial charge in [-0.2, -0.15) is 5.10 Å². The summed E-state index contributed by atoms with van der Waals surface area (Å²) >= 11 is 4.76. The van der Waals surface area contributed by atoms with Crippen molar-refractivity contribution in [3.63, 3.8) is 0 Å². The van der Waals surface area contributed by atoms with Gasteiger partial charge in [0, 0.05) is 23.5 Å². The average Bonchev–Trinajstić information content (AvgIpc) is 2.38. The Morgan fingerprint density at radius 2 is 2.35 bits per heavy atom. The number of rotatable bonds is 2. The molecule has 0 amide bonds. The van der Waals surface area contributed by atoms with Crippen LogP contribution in [0.1, 0.15) is 37.3 Å². The molecule has 0 unspecified atom stereocenters. The number of nitrogens with one attached hydrogen (secondary N) is 1. The highest BCUT2D eigenvalue weighted by Crippen LogP contribution is 2.29. The van der Waals surface area contributed by atoms with Gasteiger partial charge in [-0.05, 0) is 43.6 Å². The zero-order chi connectivity index (χ0) is 12.1. The van der Waals surface area contributed by atoms with E-state index in [2.05, 4.69) is 15.5 Å².